The van der Waals surface area contributed by atoms with Crippen molar-refractivity contribution >= 4 is 22.9 Å². The van der Waals surface area contributed by atoms with E-state index in [4.69, 9.17) is 14.5 Å². The molecule has 5 nitrogen and oxygen atoms in total. The summed E-state index contributed by atoms with van der Waals surface area (Å²) >= 11 is 0. The van der Waals surface area contributed by atoms with E-state index in [0.717, 1.165) is 45.9 Å². The lowest BCUT2D eigenvalue weighted by atomic mass is 9.68. The Kier molecular flexibility index (Phi) is 7.12. The van der Waals surface area contributed by atoms with Crippen LogP contribution in [0.4, 0.5) is 11.4 Å². The van der Waals surface area contributed by atoms with E-state index in [2.05, 4.69) is 19.2 Å². The molecule has 1 aliphatic carbocycles. The van der Waals surface area contributed by atoms with Gasteiger partial charge in [-0.2, -0.15) is 0 Å². The summed E-state index contributed by atoms with van der Waals surface area (Å²) in [5.74, 6) is 1.24. The molecule has 1 saturated carbocycles. The molecule has 0 saturated heterocycles. The summed E-state index contributed by atoms with van der Waals surface area (Å²) in [5.41, 5.74) is 5.67. The van der Waals surface area contributed by atoms with Gasteiger partial charge in [-0.3, -0.25) is 9.79 Å². The van der Waals surface area contributed by atoms with Crippen molar-refractivity contribution in [3.63, 3.8) is 0 Å². The maximum absolute atomic E-state index is 13.8. The second-order valence-electron chi connectivity index (χ2n) is 11.5. The molecule has 1 heterocycles. The van der Waals surface area contributed by atoms with Gasteiger partial charge in [0.25, 0.3) is 0 Å². The van der Waals surface area contributed by atoms with Crippen LogP contribution in [0, 0.1) is 11.3 Å². The first-order chi connectivity index (χ1) is 19.4. The highest BCUT2D eigenvalue weighted by atomic mass is 16.5. The summed E-state index contributed by atoms with van der Waals surface area (Å²) in [7, 11) is 0. The number of ketones is 1. The van der Waals surface area contributed by atoms with Crippen molar-refractivity contribution in [1.82, 2.24) is 0 Å². The van der Waals surface area contributed by atoms with E-state index in [-0.39, 0.29) is 23.2 Å². The minimum absolute atomic E-state index is 0.127. The van der Waals surface area contributed by atoms with Gasteiger partial charge in [-0.1, -0.05) is 86.6 Å². The summed E-state index contributed by atoms with van der Waals surface area (Å²) in [5, 5.41) is 3.69. The van der Waals surface area contributed by atoms with E-state index in [1.165, 1.54) is 0 Å². The summed E-state index contributed by atoms with van der Waals surface area (Å²) in [6.07, 6.45) is 1.29. The Labute approximate surface area is 235 Å². The molecule has 1 N–H and O–H groups in total. The number of anilines is 1. The highest BCUT2D eigenvalue weighted by Gasteiger charge is 2.44. The average Bonchev–Trinajstić information content (AvgIpc) is 3.12. The van der Waals surface area contributed by atoms with Crippen LogP contribution in [0.15, 0.2) is 108 Å². The van der Waals surface area contributed by atoms with Gasteiger partial charge < -0.3 is 14.8 Å². The fraction of sp³-hybridized carbons (Fsp3) is 0.257. The molecule has 0 spiro atoms. The predicted octanol–water partition coefficient (Wildman–Crippen LogP) is 8.09. The Hall–Kier alpha value is -4.38. The van der Waals surface area contributed by atoms with Gasteiger partial charge in [-0.15, -0.1) is 0 Å². The van der Waals surface area contributed by atoms with Crippen molar-refractivity contribution in [2.45, 2.75) is 45.9 Å². The molecule has 1 fully saturated rings. The number of fused-ring (bicyclic) bond motifs is 2. The number of rotatable bonds is 7. The second kappa shape index (κ2) is 11.0. The molecule has 40 heavy (non-hydrogen) atoms. The first kappa shape index (κ1) is 25.9. The number of carbonyl (C=O) groups is 1. The predicted molar refractivity (Wildman–Crippen MR) is 159 cm³/mol. The molecule has 0 bridgehead atoms. The van der Waals surface area contributed by atoms with Gasteiger partial charge in [0.1, 0.15) is 30.5 Å². The Bertz CT molecular complexity index is 1530. The molecule has 4 aromatic rings. The van der Waals surface area contributed by atoms with Gasteiger partial charge in [0.05, 0.1) is 23.3 Å². The largest absolute Gasteiger partial charge is 0.489 e. The average molecular weight is 531 g/mol. The standard InChI is InChI=1S/C35H34N2O3/c1-35(2)20-30-33(31(38)21-35)34(37-29-16-10-9-15-28(29)36-30)27-18-17-26(39-22-24-11-5-3-6-12-24)19-32(27)40-23-25-13-7-4-8-14-25/h3-19,33-34,37H,20-23H2,1-2H3. The first-order valence-electron chi connectivity index (χ1n) is 13.9. The monoisotopic (exact) mass is 530 g/mol. The van der Waals surface area contributed by atoms with Gasteiger partial charge in [0.15, 0.2) is 0 Å². The van der Waals surface area contributed by atoms with Gasteiger partial charge in [-0.05, 0) is 47.2 Å². The van der Waals surface area contributed by atoms with E-state index < -0.39 is 0 Å². The number of aliphatic imine (C=N–C) groups is 1. The van der Waals surface area contributed by atoms with Crippen molar-refractivity contribution in [2.75, 3.05) is 5.32 Å². The van der Waals surface area contributed by atoms with Crippen molar-refractivity contribution in [3.05, 3.63) is 120 Å². The number of hydrogen-bond acceptors (Lipinski definition) is 5. The SMILES string of the molecule is CC1(C)CC(=O)C2C(=Nc3ccccc3NC2c2ccc(OCc3ccccc3)cc2OCc2ccccc2)C1. The highest BCUT2D eigenvalue weighted by molar-refractivity contribution is 6.10. The Morgan fingerprint density at radius 2 is 1.45 bits per heavy atom. The summed E-state index contributed by atoms with van der Waals surface area (Å²) < 4.78 is 12.7. The lowest BCUT2D eigenvalue weighted by Gasteiger charge is -2.38. The third-order valence-electron chi connectivity index (χ3n) is 7.64. The number of carbonyl (C=O) groups excluding carboxylic acids is 1. The van der Waals surface area contributed by atoms with Crippen molar-refractivity contribution in [3.8, 4) is 11.5 Å². The van der Waals surface area contributed by atoms with Gasteiger partial charge in [-0.25, -0.2) is 0 Å². The van der Waals surface area contributed by atoms with E-state index in [1.807, 2.05) is 103 Å². The summed E-state index contributed by atoms with van der Waals surface area (Å²) in [6.45, 7) is 5.17. The quantitative estimate of drug-likeness (QED) is 0.262. The number of hydrogen-bond donors (Lipinski definition) is 1. The molecule has 1 aliphatic heterocycles. The highest BCUT2D eigenvalue weighted by Crippen LogP contribution is 2.47. The zero-order valence-electron chi connectivity index (χ0n) is 23.0. The number of benzene rings is 4. The third-order valence-corrected chi connectivity index (χ3v) is 7.64. The summed E-state index contributed by atoms with van der Waals surface area (Å²) in [6, 6.07) is 33.9. The van der Waals surface area contributed by atoms with Gasteiger partial charge in [0, 0.05) is 23.8 Å². The molecule has 2 aliphatic rings. The fourth-order valence-electron chi connectivity index (χ4n) is 5.74. The lowest BCUT2D eigenvalue weighted by Crippen LogP contribution is -2.42. The van der Waals surface area contributed by atoms with Crippen molar-refractivity contribution in [1.29, 1.82) is 0 Å². The van der Waals surface area contributed by atoms with E-state index in [0.29, 0.717) is 25.4 Å². The van der Waals surface area contributed by atoms with E-state index in [1.54, 1.807) is 0 Å². The van der Waals surface area contributed by atoms with Crippen LogP contribution in [-0.4, -0.2) is 11.5 Å². The van der Waals surface area contributed by atoms with Gasteiger partial charge in [0.2, 0.25) is 0 Å². The maximum atomic E-state index is 13.8. The molecule has 6 rings (SSSR count). The molecule has 4 aromatic carbocycles. The Morgan fingerprint density at radius 1 is 0.800 bits per heavy atom. The van der Waals surface area contributed by atoms with Crippen LogP contribution in [-0.2, 0) is 18.0 Å². The first-order valence-corrected chi connectivity index (χ1v) is 13.9. The third kappa shape index (κ3) is 5.64. The molecule has 0 radical (unpaired) electrons. The second-order valence-corrected chi connectivity index (χ2v) is 11.5. The van der Waals surface area contributed by atoms with Crippen LogP contribution < -0.4 is 14.8 Å². The Balaban J connectivity index is 1.39. The molecule has 0 aromatic heterocycles. The zero-order chi connectivity index (χ0) is 27.5. The summed E-state index contributed by atoms with van der Waals surface area (Å²) in [4.78, 5) is 18.8. The molecule has 2 atom stereocenters. The minimum Gasteiger partial charge on any atom is -0.489 e. The van der Waals surface area contributed by atoms with Crippen LogP contribution in [0.5, 0.6) is 11.5 Å². The Morgan fingerprint density at radius 3 is 2.17 bits per heavy atom. The van der Waals surface area contributed by atoms with Crippen LogP contribution >= 0.6 is 0 Å². The molecular weight excluding hydrogens is 496 g/mol. The van der Waals surface area contributed by atoms with Crippen molar-refractivity contribution in [2.24, 2.45) is 16.3 Å². The van der Waals surface area contributed by atoms with Crippen LogP contribution in [0.3, 0.4) is 0 Å². The number of nitrogens with zero attached hydrogens (tertiary/aromatic N) is 1. The minimum atomic E-state index is -0.379. The molecule has 202 valence electrons. The van der Waals surface area contributed by atoms with Crippen molar-refractivity contribution < 1.29 is 14.3 Å². The molecule has 2 unspecified atom stereocenters. The maximum Gasteiger partial charge on any atom is 0.144 e. The normalized spacial score (nSPS) is 19.4. The number of para-hydroxylation sites is 2. The topological polar surface area (TPSA) is 59.9 Å². The molecular formula is C35H34N2O3. The zero-order valence-corrected chi connectivity index (χ0v) is 23.0. The van der Waals surface area contributed by atoms with Crippen LogP contribution in [0.25, 0.3) is 0 Å². The van der Waals surface area contributed by atoms with Crippen LogP contribution in [0.1, 0.15) is 49.4 Å². The molecule has 0 amide bonds. The number of ether oxygens (including phenoxy) is 2. The van der Waals surface area contributed by atoms with Crippen LogP contribution in [0.2, 0.25) is 0 Å². The van der Waals surface area contributed by atoms with E-state index in [9.17, 15) is 4.79 Å². The van der Waals surface area contributed by atoms with Gasteiger partial charge >= 0.3 is 0 Å². The smallest absolute Gasteiger partial charge is 0.144 e. The number of Topliss-reactive ketones (excluding diaryl/α,β-unsaturated/α-hetero) is 1. The fourth-order valence-corrected chi connectivity index (χ4v) is 5.74. The number of nitrogens with one attached hydrogen (secondary N) is 1. The van der Waals surface area contributed by atoms with E-state index >= 15 is 0 Å². The lowest BCUT2D eigenvalue weighted by molar-refractivity contribution is -0.124. The molecule has 5 heteroatoms.